The predicted molar refractivity (Wildman–Crippen MR) is 72.0 cm³/mol. The van der Waals surface area contributed by atoms with E-state index < -0.39 is 0 Å². The minimum absolute atomic E-state index is 0.0875. The Labute approximate surface area is 108 Å². The molecule has 18 heavy (non-hydrogen) atoms. The summed E-state index contributed by atoms with van der Waals surface area (Å²) in [7, 11) is 0. The number of hydrogen-bond donors (Lipinski definition) is 2. The molecule has 1 aliphatic heterocycles. The van der Waals surface area contributed by atoms with Crippen LogP contribution in [0, 0.1) is 0 Å². The highest BCUT2D eigenvalue weighted by atomic mass is 16.2. The normalized spacial score (nSPS) is 22.6. The quantitative estimate of drug-likeness (QED) is 0.831. The molecule has 2 rings (SSSR count). The van der Waals surface area contributed by atoms with Gasteiger partial charge < -0.3 is 11.1 Å². The van der Waals surface area contributed by atoms with E-state index in [1.54, 1.807) is 0 Å². The van der Waals surface area contributed by atoms with E-state index in [-0.39, 0.29) is 18.0 Å². The second-order valence-corrected chi connectivity index (χ2v) is 4.71. The number of nitrogens with zero attached hydrogens (tertiary/aromatic N) is 1. The van der Waals surface area contributed by atoms with Crippen LogP contribution >= 0.6 is 0 Å². The minimum Gasteiger partial charge on any atom is -0.353 e. The standard InChI is InChI=1S/C14H21N3O/c1-11-14(18)16-9-10-17(11)13(7-8-15)12-5-3-2-4-6-12/h2-6,11,13H,7-10,15H2,1H3,(H,16,18). The van der Waals surface area contributed by atoms with E-state index in [1.165, 1.54) is 5.56 Å². The van der Waals surface area contributed by atoms with Crippen LogP contribution in [-0.2, 0) is 4.79 Å². The van der Waals surface area contributed by atoms with Crippen LogP contribution in [0.2, 0.25) is 0 Å². The van der Waals surface area contributed by atoms with Crippen molar-refractivity contribution < 1.29 is 4.79 Å². The molecular formula is C14H21N3O. The van der Waals surface area contributed by atoms with Crippen molar-refractivity contribution in [2.75, 3.05) is 19.6 Å². The van der Waals surface area contributed by atoms with Crippen molar-refractivity contribution >= 4 is 5.91 Å². The highest BCUT2D eigenvalue weighted by Crippen LogP contribution is 2.26. The van der Waals surface area contributed by atoms with Crippen LogP contribution in [0.5, 0.6) is 0 Å². The second kappa shape index (κ2) is 5.98. The molecular weight excluding hydrogens is 226 g/mol. The molecule has 1 aromatic carbocycles. The molecule has 0 aromatic heterocycles. The maximum atomic E-state index is 11.8. The zero-order valence-electron chi connectivity index (χ0n) is 10.8. The first-order chi connectivity index (χ1) is 8.74. The van der Waals surface area contributed by atoms with E-state index in [9.17, 15) is 4.79 Å². The van der Waals surface area contributed by atoms with E-state index in [0.29, 0.717) is 6.54 Å². The van der Waals surface area contributed by atoms with Crippen molar-refractivity contribution in [2.45, 2.75) is 25.4 Å². The topological polar surface area (TPSA) is 58.4 Å². The predicted octanol–water partition coefficient (Wildman–Crippen LogP) is 0.897. The first-order valence-electron chi connectivity index (χ1n) is 6.52. The zero-order valence-corrected chi connectivity index (χ0v) is 10.8. The molecule has 3 N–H and O–H groups in total. The molecule has 2 atom stereocenters. The SMILES string of the molecule is CC1C(=O)NCCN1C(CCN)c1ccccc1. The Morgan fingerprint density at radius 3 is 2.83 bits per heavy atom. The van der Waals surface area contributed by atoms with Crippen LogP contribution in [0.4, 0.5) is 0 Å². The lowest BCUT2D eigenvalue weighted by molar-refractivity contribution is -0.129. The van der Waals surface area contributed by atoms with Gasteiger partial charge in [-0.05, 0) is 25.5 Å². The summed E-state index contributed by atoms with van der Waals surface area (Å²) in [6.07, 6.45) is 0.877. The average Bonchev–Trinajstić information content (AvgIpc) is 2.41. The van der Waals surface area contributed by atoms with Crippen molar-refractivity contribution in [1.29, 1.82) is 0 Å². The number of carbonyl (C=O) groups excluding carboxylic acids is 1. The first kappa shape index (κ1) is 13.1. The third-order valence-electron chi connectivity index (χ3n) is 3.57. The van der Waals surface area contributed by atoms with Crippen molar-refractivity contribution in [2.24, 2.45) is 5.73 Å². The molecule has 0 spiro atoms. The number of nitrogens with one attached hydrogen (secondary N) is 1. The Balaban J connectivity index is 2.22. The lowest BCUT2D eigenvalue weighted by Crippen LogP contribution is -2.55. The fraction of sp³-hybridized carbons (Fsp3) is 0.500. The number of benzene rings is 1. The summed E-state index contributed by atoms with van der Waals surface area (Å²) in [6, 6.07) is 10.4. The number of carbonyl (C=O) groups is 1. The van der Waals surface area contributed by atoms with Gasteiger partial charge in [-0.1, -0.05) is 30.3 Å². The van der Waals surface area contributed by atoms with Gasteiger partial charge >= 0.3 is 0 Å². The number of hydrogen-bond acceptors (Lipinski definition) is 3. The van der Waals surface area contributed by atoms with Crippen molar-refractivity contribution in [3.05, 3.63) is 35.9 Å². The van der Waals surface area contributed by atoms with Crippen molar-refractivity contribution in [3.63, 3.8) is 0 Å². The van der Waals surface area contributed by atoms with Gasteiger partial charge in [0.05, 0.1) is 6.04 Å². The molecule has 4 nitrogen and oxygen atoms in total. The van der Waals surface area contributed by atoms with Crippen LogP contribution in [0.15, 0.2) is 30.3 Å². The van der Waals surface area contributed by atoms with E-state index >= 15 is 0 Å². The molecule has 1 aromatic rings. The molecule has 4 heteroatoms. The molecule has 0 bridgehead atoms. The van der Waals surface area contributed by atoms with E-state index in [1.807, 2.05) is 25.1 Å². The highest BCUT2D eigenvalue weighted by molar-refractivity contribution is 5.82. The van der Waals surface area contributed by atoms with Gasteiger partial charge in [0.2, 0.25) is 5.91 Å². The Hall–Kier alpha value is -1.39. The third kappa shape index (κ3) is 2.71. The molecule has 1 amide bonds. The monoisotopic (exact) mass is 247 g/mol. The summed E-state index contributed by atoms with van der Waals surface area (Å²) in [4.78, 5) is 14.0. The maximum absolute atomic E-state index is 11.8. The van der Waals surface area contributed by atoms with Gasteiger partial charge in [-0.15, -0.1) is 0 Å². The van der Waals surface area contributed by atoms with Gasteiger partial charge in [0.1, 0.15) is 0 Å². The summed E-state index contributed by atoms with van der Waals surface area (Å²) in [5.41, 5.74) is 6.97. The Morgan fingerprint density at radius 2 is 2.17 bits per heavy atom. The van der Waals surface area contributed by atoms with E-state index in [4.69, 9.17) is 5.73 Å². The summed E-state index contributed by atoms with van der Waals surface area (Å²) >= 11 is 0. The summed E-state index contributed by atoms with van der Waals surface area (Å²) in [5, 5.41) is 2.90. The zero-order chi connectivity index (χ0) is 13.0. The Bertz CT molecular complexity index is 393. The molecule has 1 heterocycles. The molecule has 1 aliphatic rings. The van der Waals surface area contributed by atoms with E-state index in [2.05, 4.69) is 22.3 Å². The van der Waals surface area contributed by atoms with E-state index in [0.717, 1.165) is 19.5 Å². The lowest BCUT2D eigenvalue weighted by atomic mass is 9.99. The van der Waals surface area contributed by atoms with Crippen molar-refractivity contribution in [3.8, 4) is 0 Å². The molecule has 0 aliphatic carbocycles. The Kier molecular flexibility index (Phi) is 4.33. The van der Waals surface area contributed by atoms with Gasteiger partial charge in [-0.2, -0.15) is 0 Å². The lowest BCUT2D eigenvalue weighted by Gasteiger charge is -2.39. The first-order valence-corrected chi connectivity index (χ1v) is 6.52. The molecule has 0 radical (unpaired) electrons. The second-order valence-electron chi connectivity index (χ2n) is 4.71. The van der Waals surface area contributed by atoms with Crippen LogP contribution in [0.1, 0.15) is 24.9 Å². The number of rotatable bonds is 4. The largest absolute Gasteiger partial charge is 0.353 e. The van der Waals surface area contributed by atoms with Gasteiger partial charge in [-0.25, -0.2) is 0 Å². The molecule has 1 fully saturated rings. The molecule has 2 unspecified atom stereocenters. The van der Waals surface area contributed by atoms with Crippen LogP contribution in [-0.4, -0.2) is 36.5 Å². The fourth-order valence-corrected chi connectivity index (χ4v) is 2.58. The summed E-state index contributed by atoms with van der Waals surface area (Å²) in [5.74, 6) is 0.110. The average molecular weight is 247 g/mol. The van der Waals surface area contributed by atoms with Gasteiger partial charge in [0.25, 0.3) is 0 Å². The number of nitrogens with two attached hydrogens (primary N) is 1. The maximum Gasteiger partial charge on any atom is 0.237 e. The van der Waals surface area contributed by atoms with Gasteiger partial charge in [-0.3, -0.25) is 9.69 Å². The van der Waals surface area contributed by atoms with Crippen LogP contribution < -0.4 is 11.1 Å². The molecule has 98 valence electrons. The number of piperazine rings is 1. The Morgan fingerprint density at radius 1 is 1.44 bits per heavy atom. The molecule has 0 saturated carbocycles. The molecule has 1 saturated heterocycles. The van der Waals surface area contributed by atoms with Gasteiger partial charge in [0.15, 0.2) is 0 Å². The number of amides is 1. The summed E-state index contributed by atoms with van der Waals surface area (Å²) in [6.45, 7) is 4.19. The van der Waals surface area contributed by atoms with Crippen LogP contribution in [0.25, 0.3) is 0 Å². The van der Waals surface area contributed by atoms with Crippen LogP contribution in [0.3, 0.4) is 0 Å². The van der Waals surface area contributed by atoms with Crippen molar-refractivity contribution in [1.82, 2.24) is 10.2 Å². The summed E-state index contributed by atoms with van der Waals surface area (Å²) < 4.78 is 0. The third-order valence-corrected chi connectivity index (χ3v) is 3.57. The smallest absolute Gasteiger partial charge is 0.237 e. The fourth-order valence-electron chi connectivity index (χ4n) is 2.58. The minimum atomic E-state index is -0.0875. The highest BCUT2D eigenvalue weighted by Gasteiger charge is 2.31. The van der Waals surface area contributed by atoms with Gasteiger partial charge in [0, 0.05) is 19.1 Å².